The Morgan fingerprint density at radius 3 is 2.62 bits per heavy atom. The van der Waals surface area contributed by atoms with Crippen molar-refractivity contribution in [2.45, 2.75) is 26.8 Å². The van der Waals surface area contributed by atoms with Gasteiger partial charge in [-0.2, -0.15) is 5.26 Å². The number of carbonyl (C=O) groups is 1. The molecular weight excluding hydrogens is 452 g/mol. The lowest BCUT2D eigenvalue weighted by molar-refractivity contribution is 0.0698. The average Bonchev–Trinajstić information content (AvgIpc) is 2.82. The molecule has 1 atom stereocenters. The molecule has 170 valence electrons. The number of halogens is 1. The molecule has 0 saturated carbocycles. The Hall–Kier alpha value is -4.08. The smallest absolute Gasteiger partial charge is 0.337 e. The zero-order valence-electron chi connectivity index (χ0n) is 18.8. The lowest BCUT2D eigenvalue weighted by atomic mass is 9.98. The molecule has 0 aliphatic rings. The third-order valence-corrected chi connectivity index (χ3v) is 5.93. The van der Waals surface area contributed by atoms with Gasteiger partial charge in [0.05, 0.1) is 28.6 Å². The lowest BCUT2D eigenvalue weighted by Crippen LogP contribution is -2.14. The van der Waals surface area contributed by atoms with E-state index in [2.05, 4.69) is 11.4 Å². The molecule has 34 heavy (non-hydrogen) atoms. The van der Waals surface area contributed by atoms with Gasteiger partial charge in [-0.25, -0.2) is 4.79 Å². The van der Waals surface area contributed by atoms with E-state index in [1.54, 1.807) is 49.4 Å². The predicted molar refractivity (Wildman–Crippen MR) is 133 cm³/mol. The number of nitriles is 1. The molecule has 3 aromatic carbocycles. The molecule has 0 spiro atoms. The standard InChI is InChI=1S/C27H21ClN2O4/c1-14-9-20(16(3)30-23-8-7-19(28)12-21(23)27(32)33)26-22(10-14)24(31)15(2)25(34-26)18-6-4-5-17(11-18)13-29/h4-12,16,30H,1-3H3,(H,32,33)/t16-/m1/s1. The number of benzene rings is 3. The van der Waals surface area contributed by atoms with E-state index in [9.17, 15) is 20.0 Å². The van der Waals surface area contributed by atoms with E-state index >= 15 is 0 Å². The fraction of sp³-hybridized carbons (Fsp3) is 0.148. The molecular formula is C27H21ClN2O4. The Morgan fingerprint density at radius 2 is 1.91 bits per heavy atom. The van der Waals surface area contributed by atoms with Crippen molar-refractivity contribution in [1.29, 1.82) is 5.26 Å². The highest BCUT2D eigenvalue weighted by molar-refractivity contribution is 6.31. The molecule has 0 unspecified atom stereocenters. The van der Waals surface area contributed by atoms with Gasteiger partial charge < -0.3 is 14.8 Å². The largest absolute Gasteiger partial charge is 0.478 e. The van der Waals surface area contributed by atoms with Crippen molar-refractivity contribution >= 4 is 34.2 Å². The van der Waals surface area contributed by atoms with Crippen LogP contribution in [0.3, 0.4) is 0 Å². The highest BCUT2D eigenvalue weighted by Gasteiger charge is 2.20. The molecule has 0 saturated heterocycles. The first-order chi connectivity index (χ1) is 16.2. The summed E-state index contributed by atoms with van der Waals surface area (Å²) < 4.78 is 6.31. The van der Waals surface area contributed by atoms with E-state index in [0.717, 1.165) is 5.56 Å². The fourth-order valence-corrected chi connectivity index (χ4v) is 4.20. The van der Waals surface area contributed by atoms with Crippen molar-refractivity contribution in [3.63, 3.8) is 0 Å². The molecule has 1 aromatic heterocycles. The molecule has 0 radical (unpaired) electrons. The van der Waals surface area contributed by atoms with Gasteiger partial charge in [-0.15, -0.1) is 0 Å². The molecule has 0 amide bonds. The second-order valence-corrected chi connectivity index (χ2v) is 8.61. The number of hydrogen-bond donors (Lipinski definition) is 2. The minimum absolute atomic E-state index is 0.0441. The molecule has 0 bridgehead atoms. The van der Waals surface area contributed by atoms with E-state index < -0.39 is 12.0 Å². The first-order valence-electron chi connectivity index (χ1n) is 10.6. The normalized spacial score (nSPS) is 11.7. The van der Waals surface area contributed by atoms with E-state index in [0.29, 0.717) is 49.7 Å². The number of carboxylic acid groups (broad SMARTS) is 1. The minimum atomic E-state index is -1.10. The molecule has 4 aromatic rings. The van der Waals surface area contributed by atoms with Crippen LogP contribution in [0.2, 0.25) is 5.02 Å². The molecule has 4 rings (SSSR count). The predicted octanol–water partition coefficient (Wildman–Crippen LogP) is 6.47. The first-order valence-corrected chi connectivity index (χ1v) is 10.9. The Labute approximate surface area is 201 Å². The molecule has 6 nitrogen and oxygen atoms in total. The number of rotatable bonds is 5. The van der Waals surface area contributed by atoms with Gasteiger partial charge in [0.25, 0.3) is 0 Å². The van der Waals surface area contributed by atoms with Gasteiger partial charge in [-0.1, -0.05) is 29.8 Å². The molecule has 1 heterocycles. The number of aromatic carboxylic acids is 1. The fourth-order valence-electron chi connectivity index (χ4n) is 4.02. The monoisotopic (exact) mass is 472 g/mol. The topological polar surface area (TPSA) is 103 Å². The van der Waals surface area contributed by atoms with Crippen LogP contribution in [0.1, 0.15) is 45.6 Å². The van der Waals surface area contributed by atoms with Gasteiger partial charge in [0.15, 0.2) is 5.43 Å². The van der Waals surface area contributed by atoms with Crippen molar-refractivity contribution < 1.29 is 14.3 Å². The van der Waals surface area contributed by atoms with Crippen LogP contribution in [0, 0.1) is 25.2 Å². The van der Waals surface area contributed by atoms with Crippen molar-refractivity contribution in [2.75, 3.05) is 5.32 Å². The van der Waals surface area contributed by atoms with Gasteiger partial charge in [0.2, 0.25) is 0 Å². The van der Waals surface area contributed by atoms with Crippen LogP contribution in [-0.2, 0) is 0 Å². The maximum Gasteiger partial charge on any atom is 0.337 e. The van der Waals surface area contributed by atoms with E-state index in [4.69, 9.17) is 16.0 Å². The number of carboxylic acids is 1. The van der Waals surface area contributed by atoms with Crippen LogP contribution in [-0.4, -0.2) is 11.1 Å². The zero-order valence-corrected chi connectivity index (χ0v) is 19.5. The first kappa shape index (κ1) is 23.1. The van der Waals surface area contributed by atoms with Crippen LogP contribution >= 0.6 is 11.6 Å². The summed E-state index contributed by atoms with van der Waals surface area (Å²) >= 11 is 5.98. The van der Waals surface area contributed by atoms with Gasteiger partial charge >= 0.3 is 5.97 Å². The summed E-state index contributed by atoms with van der Waals surface area (Å²) in [5.41, 5.74) is 3.81. The number of nitrogens with zero attached hydrogens (tertiary/aromatic N) is 1. The maximum absolute atomic E-state index is 13.3. The van der Waals surface area contributed by atoms with Crippen LogP contribution in [0.5, 0.6) is 0 Å². The van der Waals surface area contributed by atoms with Crippen LogP contribution in [0.4, 0.5) is 5.69 Å². The van der Waals surface area contributed by atoms with Crippen LogP contribution in [0.15, 0.2) is 63.8 Å². The summed E-state index contributed by atoms with van der Waals surface area (Å²) in [6.45, 7) is 5.46. The second-order valence-electron chi connectivity index (χ2n) is 8.17. The van der Waals surface area contributed by atoms with E-state index in [1.807, 2.05) is 19.9 Å². The molecule has 0 aliphatic carbocycles. The summed E-state index contributed by atoms with van der Waals surface area (Å²) in [6, 6.07) is 16.9. The van der Waals surface area contributed by atoms with Gasteiger partial charge in [0.1, 0.15) is 11.3 Å². The van der Waals surface area contributed by atoms with Crippen molar-refractivity contribution in [2.24, 2.45) is 0 Å². The van der Waals surface area contributed by atoms with Crippen molar-refractivity contribution in [3.05, 3.63) is 97.7 Å². The molecule has 2 N–H and O–H groups in total. The Balaban J connectivity index is 1.90. The minimum Gasteiger partial charge on any atom is -0.478 e. The number of aryl methyl sites for hydroxylation is 1. The van der Waals surface area contributed by atoms with Crippen LogP contribution < -0.4 is 10.7 Å². The summed E-state index contributed by atoms with van der Waals surface area (Å²) in [5.74, 6) is -0.710. The van der Waals surface area contributed by atoms with Gasteiger partial charge in [-0.3, -0.25) is 4.79 Å². The van der Waals surface area contributed by atoms with Gasteiger partial charge in [-0.05, 0) is 62.7 Å². The second kappa shape index (κ2) is 9.05. The lowest BCUT2D eigenvalue weighted by Gasteiger charge is -2.20. The summed E-state index contributed by atoms with van der Waals surface area (Å²) in [6.07, 6.45) is 0. The van der Waals surface area contributed by atoms with Crippen molar-refractivity contribution in [3.8, 4) is 17.4 Å². The van der Waals surface area contributed by atoms with Crippen LogP contribution in [0.25, 0.3) is 22.3 Å². The Kier molecular flexibility index (Phi) is 6.14. The summed E-state index contributed by atoms with van der Waals surface area (Å²) in [5, 5.41) is 22.8. The molecule has 0 fully saturated rings. The SMILES string of the molecule is Cc1cc([C@@H](C)Nc2ccc(Cl)cc2C(=O)O)c2oc(-c3cccc(C#N)c3)c(C)c(=O)c2c1. The molecule has 7 heteroatoms. The highest BCUT2D eigenvalue weighted by Crippen LogP contribution is 2.33. The quantitative estimate of drug-likeness (QED) is 0.345. The van der Waals surface area contributed by atoms with E-state index in [1.165, 1.54) is 6.07 Å². The van der Waals surface area contributed by atoms with E-state index in [-0.39, 0.29) is 11.0 Å². The highest BCUT2D eigenvalue weighted by atomic mass is 35.5. The number of nitrogens with one attached hydrogen (secondary N) is 1. The van der Waals surface area contributed by atoms with Crippen molar-refractivity contribution in [1.82, 2.24) is 0 Å². The third-order valence-electron chi connectivity index (χ3n) is 5.70. The number of anilines is 1. The summed E-state index contributed by atoms with van der Waals surface area (Å²) in [4.78, 5) is 25.0. The average molecular weight is 473 g/mol. The Bertz CT molecular complexity index is 1550. The Morgan fingerprint density at radius 1 is 1.15 bits per heavy atom. The maximum atomic E-state index is 13.3. The number of fused-ring (bicyclic) bond motifs is 1. The zero-order chi connectivity index (χ0) is 24.6. The van der Waals surface area contributed by atoms with Gasteiger partial charge in [0, 0.05) is 27.4 Å². The third kappa shape index (κ3) is 4.26. The molecule has 0 aliphatic heterocycles. The number of hydrogen-bond acceptors (Lipinski definition) is 5. The summed E-state index contributed by atoms with van der Waals surface area (Å²) in [7, 11) is 0.